The van der Waals surface area contributed by atoms with Crippen LogP contribution in [0.5, 0.6) is 0 Å². The first-order chi connectivity index (χ1) is 22.6. The number of rotatable bonds is 0. The number of H-pyrrole nitrogens is 2. The van der Waals surface area contributed by atoms with E-state index >= 15 is 0 Å². The summed E-state index contributed by atoms with van der Waals surface area (Å²) in [6, 6.07) is 23.4. The molecule has 6 aromatic rings. The lowest BCUT2D eigenvalue weighted by atomic mass is 9.85. The van der Waals surface area contributed by atoms with Gasteiger partial charge in [0, 0.05) is 33.0 Å². The van der Waals surface area contributed by atoms with Crippen LogP contribution < -0.4 is 0 Å². The number of nitrogens with one attached hydrogen (secondary N) is 2. The van der Waals surface area contributed by atoms with Crippen molar-refractivity contribution in [2.24, 2.45) is 0 Å². The molecular formula is C40H40N8. The highest BCUT2D eigenvalue weighted by Gasteiger charge is 2.27. The van der Waals surface area contributed by atoms with E-state index in [-0.39, 0.29) is 16.2 Å². The number of fused-ring (bicyclic) bond motifs is 17. The summed E-state index contributed by atoms with van der Waals surface area (Å²) in [6.07, 6.45) is 0. The molecule has 3 aromatic heterocycles. The molecule has 2 aliphatic rings. The van der Waals surface area contributed by atoms with Crippen LogP contribution in [-0.4, -0.2) is 39.9 Å². The molecule has 48 heavy (non-hydrogen) atoms. The zero-order valence-corrected chi connectivity index (χ0v) is 29.0. The molecule has 0 spiro atoms. The Morgan fingerprint density at radius 1 is 0.375 bits per heavy atom. The summed E-state index contributed by atoms with van der Waals surface area (Å²) >= 11 is 0. The Morgan fingerprint density at radius 2 is 0.812 bits per heavy atom. The van der Waals surface area contributed by atoms with E-state index in [0.29, 0.717) is 40.2 Å². The van der Waals surface area contributed by atoms with Crippen LogP contribution in [0.15, 0.2) is 66.7 Å². The van der Waals surface area contributed by atoms with Crippen molar-refractivity contribution >= 4 is 33.4 Å². The zero-order chi connectivity index (χ0) is 33.7. The lowest BCUT2D eigenvalue weighted by molar-refractivity contribution is 0.590. The fourth-order valence-electron chi connectivity index (χ4n) is 6.34. The van der Waals surface area contributed by atoms with Gasteiger partial charge < -0.3 is 9.97 Å². The van der Waals surface area contributed by atoms with E-state index in [4.69, 9.17) is 29.9 Å². The Labute approximate surface area is 280 Å². The second kappa shape index (κ2) is 10.1. The van der Waals surface area contributed by atoms with Crippen LogP contribution in [-0.2, 0) is 16.2 Å². The molecule has 0 radical (unpaired) electrons. The fourth-order valence-corrected chi connectivity index (χ4v) is 6.34. The highest BCUT2D eigenvalue weighted by Crippen LogP contribution is 2.41. The molecule has 8 nitrogen and oxygen atoms in total. The summed E-state index contributed by atoms with van der Waals surface area (Å²) in [5.74, 6) is 2.38. The maximum atomic E-state index is 5.18. The van der Waals surface area contributed by atoms with Crippen molar-refractivity contribution in [2.75, 3.05) is 0 Å². The highest BCUT2D eigenvalue weighted by molar-refractivity contribution is 6.05. The third kappa shape index (κ3) is 5.07. The zero-order valence-electron chi connectivity index (χ0n) is 29.0. The van der Waals surface area contributed by atoms with Crippen LogP contribution >= 0.6 is 0 Å². The van der Waals surface area contributed by atoms with E-state index in [1.54, 1.807) is 0 Å². The van der Waals surface area contributed by atoms with E-state index in [0.717, 1.165) is 38.7 Å². The molecule has 8 heteroatoms. The minimum atomic E-state index is -0.0541. The van der Waals surface area contributed by atoms with Crippen molar-refractivity contribution in [1.29, 1.82) is 0 Å². The summed E-state index contributed by atoms with van der Waals surface area (Å²) < 4.78 is 0. The largest absolute Gasteiger partial charge is 0.325 e. The SMILES string of the molecule is CC(C)(C)c1ccc2c(c1)-c1nc3nc(nc4ccc(nc5[nH]c(nc-2n1)c1ccc(C(C)(C)C)cc51)[nH]4)-c1cc(C(C)(C)C)ccc1-3. The molecule has 5 heterocycles. The monoisotopic (exact) mass is 632 g/mol. The predicted molar refractivity (Wildman–Crippen MR) is 195 cm³/mol. The Hall–Kier alpha value is -5.24. The first-order valence-corrected chi connectivity index (χ1v) is 16.6. The Balaban J connectivity index is 1.50. The van der Waals surface area contributed by atoms with Gasteiger partial charge in [0.2, 0.25) is 0 Å². The number of aromatic nitrogens is 8. The summed E-state index contributed by atoms with van der Waals surface area (Å²) in [7, 11) is 0. The normalized spacial score (nSPS) is 13.1. The fraction of sp³-hybridized carbons (Fsp3) is 0.300. The van der Waals surface area contributed by atoms with E-state index < -0.39 is 0 Å². The summed E-state index contributed by atoms with van der Waals surface area (Å²) in [4.78, 5) is 37.4. The van der Waals surface area contributed by atoms with Crippen molar-refractivity contribution in [2.45, 2.75) is 78.6 Å². The number of hydrogen-bond donors (Lipinski definition) is 2. The molecule has 0 atom stereocenters. The molecule has 8 bridgehead atoms. The maximum absolute atomic E-state index is 5.18. The van der Waals surface area contributed by atoms with E-state index in [9.17, 15) is 0 Å². The van der Waals surface area contributed by atoms with E-state index in [2.05, 4.69) is 127 Å². The smallest absolute Gasteiger partial charge is 0.164 e. The molecule has 8 rings (SSSR count). The summed E-state index contributed by atoms with van der Waals surface area (Å²) in [5, 5.41) is 1.98. The molecule has 0 saturated heterocycles. The summed E-state index contributed by atoms with van der Waals surface area (Å²) in [5.41, 5.74) is 10.0. The molecule has 0 fully saturated rings. The second-order valence-electron chi connectivity index (χ2n) is 16.0. The van der Waals surface area contributed by atoms with Gasteiger partial charge in [0.05, 0.1) is 0 Å². The van der Waals surface area contributed by atoms with Crippen LogP contribution in [0.1, 0.15) is 79.0 Å². The van der Waals surface area contributed by atoms with Gasteiger partial charge in [0.25, 0.3) is 0 Å². The highest BCUT2D eigenvalue weighted by atomic mass is 15.1. The first kappa shape index (κ1) is 30.1. The Morgan fingerprint density at radius 3 is 1.38 bits per heavy atom. The third-order valence-corrected chi connectivity index (χ3v) is 9.33. The van der Waals surface area contributed by atoms with Gasteiger partial charge in [-0.2, -0.15) is 0 Å². The lowest BCUT2D eigenvalue weighted by Gasteiger charge is -2.20. The van der Waals surface area contributed by atoms with E-state index in [1.807, 2.05) is 12.1 Å². The van der Waals surface area contributed by atoms with Gasteiger partial charge in [0.1, 0.15) is 22.6 Å². The van der Waals surface area contributed by atoms with Crippen molar-refractivity contribution in [3.63, 3.8) is 0 Å². The van der Waals surface area contributed by atoms with Crippen LogP contribution in [0.3, 0.4) is 0 Å². The van der Waals surface area contributed by atoms with Crippen molar-refractivity contribution in [1.82, 2.24) is 39.9 Å². The molecule has 0 unspecified atom stereocenters. The predicted octanol–water partition coefficient (Wildman–Crippen LogP) is 9.61. The van der Waals surface area contributed by atoms with Crippen molar-refractivity contribution in [3.05, 3.63) is 83.4 Å². The molecule has 0 saturated carbocycles. The quantitative estimate of drug-likeness (QED) is 0.172. The van der Waals surface area contributed by atoms with Gasteiger partial charge in [-0.1, -0.05) is 98.7 Å². The molecule has 240 valence electrons. The molecular weight excluding hydrogens is 592 g/mol. The molecule has 2 N–H and O–H groups in total. The molecule has 2 aliphatic heterocycles. The summed E-state index contributed by atoms with van der Waals surface area (Å²) in [6.45, 7) is 19.9. The van der Waals surface area contributed by atoms with Crippen LogP contribution in [0.4, 0.5) is 0 Å². The minimum absolute atomic E-state index is 0.0285. The van der Waals surface area contributed by atoms with Crippen LogP contribution in [0.25, 0.3) is 78.9 Å². The topological polar surface area (TPSA) is 109 Å². The number of hydrogen-bond acceptors (Lipinski definition) is 6. The van der Waals surface area contributed by atoms with Gasteiger partial charge >= 0.3 is 0 Å². The van der Waals surface area contributed by atoms with Gasteiger partial charge in [-0.05, 0) is 63.3 Å². The maximum Gasteiger partial charge on any atom is 0.164 e. The van der Waals surface area contributed by atoms with Gasteiger partial charge in [-0.25, -0.2) is 29.9 Å². The average molecular weight is 633 g/mol. The van der Waals surface area contributed by atoms with Crippen LogP contribution in [0.2, 0.25) is 0 Å². The first-order valence-electron chi connectivity index (χ1n) is 16.6. The minimum Gasteiger partial charge on any atom is -0.325 e. The molecule has 0 amide bonds. The Bertz CT molecular complexity index is 2460. The third-order valence-electron chi connectivity index (χ3n) is 9.33. The Kier molecular flexibility index (Phi) is 6.36. The number of nitrogens with zero attached hydrogens (tertiary/aromatic N) is 6. The van der Waals surface area contributed by atoms with Gasteiger partial charge in [-0.3, -0.25) is 0 Å². The number of aromatic amines is 2. The number of benzene rings is 3. The van der Waals surface area contributed by atoms with E-state index in [1.165, 1.54) is 16.7 Å². The van der Waals surface area contributed by atoms with Crippen molar-refractivity contribution < 1.29 is 0 Å². The van der Waals surface area contributed by atoms with Crippen molar-refractivity contribution in [3.8, 4) is 45.6 Å². The average Bonchev–Trinajstić information content (AvgIpc) is 3.77. The molecule has 3 aromatic carbocycles. The van der Waals surface area contributed by atoms with Gasteiger partial charge in [-0.15, -0.1) is 0 Å². The second-order valence-corrected chi connectivity index (χ2v) is 16.0. The molecule has 0 aliphatic carbocycles. The lowest BCUT2D eigenvalue weighted by Crippen LogP contribution is -2.11. The van der Waals surface area contributed by atoms with Crippen LogP contribution in [0, 0.1) is 0 Å². The standard InChI is InChI=1S/C40H40N8/c1-38(2,3)21-10-13-24-27(18-21)35-42-30-16-17-31(41-30)43-36-28-19-22(39(4,5)6)11-14-25(28)34(46-36)48-37-29-20-23(40(7,8)9)12-15-26(29)33(47-37)44-32(24)45-35/h10-20H,1-9H3,(H2,41,42,43,44,45,46,47,48). The van der Waals surface area contributed by atoms with Gasteiger partial charge in [0.15, 0.2) is 23.3 Å².